The zero-order valence-electron chi connectivity index (χ0n) is 10.4. The predicted molar refractivity (Wildman–Crippen MR) is 74.1 cm³/mol. The molecule has 0 saturated heterocycles. The number of nitrogen functional groups attached to an aromatic ring is 1. The first-order valence-electron chi connectivity index (χ1n) is 5.65. The summed E-state index contributed by atoms with van der Waals surface area (Å²) in [4.78, 5) is 8.15. The second-order valence-electron chi connectivity index (χ2n) is 3.73. The molecule has 2 rings (SSSR count). The van der Waals surface area contributed by atoms with E-state index in [9.17, 15) is 0 Å². The Balaban J connectivity index is 2.22. The fourth-order valence-electron chi connectivity index (χ4n) is 1.51. The van der Waals surface area contributed by atoms with Crippen molar-refractivity contribution >= 4 is 17.4 Å². The first kappa shape index (κ1) is 12.7. The largest absolute Gasteiger partial charge is 0.437 e. The summed E-state index contributed by atoms with van der Waals surface area (Å²) in [7, 11) is 0. The minimum atomic E-state index is 0.505. The molecule has 0 atom stereocenters. The highest BCUT2D eigenvalue weighted by Crippen LogP contribution is 2.28. The quantitative estimate of drug-likeness (QED) is 0.520. The minimum Gasteiger partial charge on any atom is -0.437 e. The highest BCUT2D eigenvalue weighted by atomic mass is 32.2. The molecule has 0 spiro atoms. The third-order valence-electron chi connectivity index (χ3n) is 2.52. The molecule has 0 unspecified atom stereocenters. The van der Waals surface area contributed by atoms with Crippen molar-refractivity contribution in [1.29, 1.82) is 0 Å². The Labute approximate surface area is 111 Å². The van der Waals surface area contributed by atoms with Crippen molar-refractivity contribution < 1.29 is 4.74 Å². The number of rotatable bonds is 4. The van der Waals surface area contributed by atoms with Crippen LogP contribution in [0.1, 0.15) is 12.5 Å². The number of anilines is 1. The summed E-state index contributed by atoms with van der Waals surface area (Å²) in [5, 5.41) is 0.865. The van der Waals surface area contributed by atoms with Crippen LogP contribution in [-0.2, 0) is 6.42 Å². The van der Waals surface area contributed by atoms with Crippen LogP contribution in [0.2, 0.25) is 0 Å². The number of nitrogens with two attached hydrogens (primary N) is 1. The van der Waals surface area contributed by atoms with E-state index in [4.69, 9.17) is 10.5 Å². The molecule has 4 nitrogen and oxygen atoms in total. The van der Waals surface area contributed by atoms with Crippen LogP contribution in [0, 0.1) is 0 Å². The summed E-state index contributed by atoms with van der Waals surface area (Å²) < 4.78 is 5.66. The van der Waals surface area contributed by atoms with Crippen LogP contribution in [0.3, 0.4) is 0 Å². The summed E-state index contributed by atoms with van der Waals surface area (Å²) in [6, 6.07) is 7.58. The summed E-state index contributed by atoms with van der Waals surface area (Å²) >= 11 is 1.54. The topological polar surface area (TPSA) is 61.0 Å². The van der Waals surface area contributed by atoms with Crippen LogP contribution >= 0.6 is 11.8 Å². The molecule has 0 aliphatic heterocycles. The van der Waals surface area contributed by atoms with Gasteiger partial charge in [-0.05, 0) is 30.4 Å². The fourth-order valence-corrected chi connectivity index (χ4v) is 1.88. The molecule has 0 bridgehead atoms. The van der Waals surface area contributed by atoms with E-state index in [2.05, 4.69) is 16.9 Å². The van der Waals surface area contributed by atoms with Crippen molar-refractivity contribution in [3.05, 3.63) is 36.2 Å². The molecule has 2 N–H and O–H groups in total. The third kappa shape index (κ3) is 2.92. The normalized spacial score (nSPS) is 10.3. The molecule has 0 fully saturated rings. The molecule has 0 aliphatic carbocycles. The van der Waals surface area contributed by atoms with Gasteiger partial charge in [0.25, 0.3) is 0 Å². The number of aromatic nitrogens is 2. The van der Waals surface area contributed by atoms with Gasteiger partial charge in [-0.15, -0.1) is 11.8 Å². The van der Waals surface area contributed by atoms with Gasteiger partial charge in [-0.25, -0.2) is 9.97 Å². The molecule has 0 radical (unpaired) electrons. The summed E-state index contributed by atoms with van der Waals surface area (Å²) in [5.41, 5.74) is 7.75. The van der Waals surface area contributed by atoms with Crippen molar-refractivity contribution in [3.63, 3.8) is 0 Å². The van der Waals surface area contributed by atoms with E-state index in [1.54, 1.807) is 17.8 Å². The SMILES string of the molecule is CCc1ccc(Oc2cc(SC)ncn2)c(N)c1. The average Bonchev–Trinajstić information content (AvgIpc) is 2.41. The molecule has 94 valence electrons. The van der Waals surface area contributed by atoms with Crippen molar-refractivity contribution in [2.24, 2.45) is 0 Å². The lowest BCUT2D eigenvalue weighted by molar-refractivity contribution is 0.461. The van der Waals surface area contributed by atoms with Crippen LogP contribution in [0.5, 0.6) is 11.6 Å². The van der Waals surface area contributed by atoms with Gasteiger partial charge in [-0.3, -0.25) is 0 Å². The Morgan fingerprint density at radius 1 is 1.28 bits per heavy atom. The molecule has 1 aromatic carbocycles. The van der Waals surface area contributed by atoms with Gasteiger partial charge in [-0.1, -0.05) is 13.0 Å². The lowest BCUT2D eigenvalue weighted by Gasteiger charge is -2.09. The van der Waals surface area contributed by atoms with E-state index < -0.39 is 0 Å². The monoisotopic (exact) mass is 261 g/mol. The maximum absolute atomic E-state index is 5.94. The number of ether oxygens (including phenoxy) is 1. The lowest BCUT2D eigenvalue weighted by Crippen LogP contribution is -1.95. The van der Waals surface area contributed by atoms with E-state index in [1.165, 1.54) is 11.9 Å². The standard InChI is InChI=1S/C13H15N3OS/c1-3-9-4-5-11(10(14)6-9)17-12-7-13(18-2)16-8-15-12/h4-8H,3,14H2,1-2H3. The van der Waals surface area contributed by atoms with E-state index in [-0.39, 0.29) is 0 Å². The lowest BCUT2D eigenvalue weighted by atomic mass is 10.1. The zero-order chi connectivity index (χ0) is 13.0. The molecule has 0 aliphatic rings. The van der Waals surface area contributed by atoms with Gasteiger partial charge >= 0.3 is 0 Å². The van der Waals surface area contributed by atoms with Gasteiger partial charge in [-0.2, -0.15) is 0 Å². The third-order valence-corrected chi connectivity index (χ3v) is 3.16. The van der Waals surface area contributed by atoms with Crippen LogP contribution in [0.15, 0.2) is 35.6 Å². The van der Waals surface area contributed by atoms with Gasteiger partial charge in [0.05, 0.1) is 5.69 Å². The van der Waals surface area contributed by atoms with Crippen LogP contribution in [0.25, 0.3) is 0 Å². The highest BCUT2D eigenvalue weighted by Gasteiger charge is 2.05. The number of nitrogens with zero attached hydrogens (tertiary/aromatic N) is 2. The predicted octanol–water partition coefficient (Wildman–Crippen LogP) is 3.14. The van der Waals surface area contributed by atoms with Gasteiger partial charge < -0.3 is 10.5 Å². The Morgan fingerprint density at radius 3 is 2.78 bits per heavy atom. The van der Waals surface area contributed by atoms with Gasteiger partial charge in [0, 0.05) is 6.07 Å². The first-order valence-corrected chi connectivity index (χ1v) is 6.87. The van der Waals surface area contributed by atoms with Crippen LogP contribution < -0.4 is 10.5 Å². The van der Waals surface area contributed by atoms with Crippen LogP contribution in [-0.4, -0.2) is 16.2 Å². The van der Waals surface area contributed by atoms with Gasteiger partial charge in [0.1, 0.15) is 11.4 Å². The highest BCUT2D eigenvalue weighted by molar-refractivity contribution is 7.98. The molecule has 5 heteroatoms. The maximum atomic E-state index is 5.94. The number of hydrogen-bond acceptors (Lipinski definition) is 5. The number of thioether (sulfide) groups is 1. The molecule has 1 heterocycles. The maximum Gasteiger partial charge on any atom is 0.223 e. The van der Waals surface area contributed by atoms with Crippen LogP contribution in [0.4, 0.5) is 5.69 Å². The van der Waals surface area contributed by atoms with E-state index in [0.29, 0.717) is 17.3 Å². The average molecular weight is 261 g/mol. The minimum absolute atomic E-state index is 0.505. The molecular formula is C13H15N3OS. The molecule has 1 aromatic heterocycles. The molecule has 18 heavy (non-hydrogen) atoms. The van der Waals surface area contributed by atoms with Gasteiger partial charge in [0.2, 0.25) is 5.88 Å². The fraction of sp³-hybridized carbons (Fsp3) is 0.231. The Morgan fingerprint density at radius 2 is 2.11 bits per heavy atom. The first-order chi connectivity index (χ1) is 8.72. The summed E-state index contributed by atoms with van der Waals surface area (Å²) in [6.45, 7) is 2.09. The molecular weight excluding hydrogens is 246 g/mol. The van der Waals surface area contributed by atoms with Crippen molar-refractivity contribution in [1.82, 2.24) is 9.97 Å². The second-order valence-corrected chi connectivity index (χ2v) is 4.55. The Bertz CT molecular complexity index is 546. The molecule has 2 aromatic rings. The summed E-state index contributed by atoms with van der Waals surface area (Å²) in [5.74, 6) is 1.13. The number of benzene rings is 1. The zero-order valence-corrected chi connectivity index (χ0v) is 11.2. The van der Waals surface area contributed by atoms with E-state index in [1.807, 2.05) is 24.5 Å². The van der Waals surface area contributed by atoms with E-state index in [0.717, 1.165) is 11.4 Å². The van der Waals surface area contributed by atoms with Gasteiger partial charge in [0.15, 0.2) is 5.75 Å². The smallest absolute Gasteiger partial charge is 0.223 e. The van der Waals surface area contributed by atoms with E-state index >= 15 is 0 Å². The number of aryl methyl sites for hydroxylation is 1. The second kappa shape index (κ2) is 5.73. The molecule has 0 saturated carbocycles. The van der Waals surface area contributed by atoms with Crippen molar-refractivity contribution in [3.8, 4) is 11.6 Å². The van der Waals surface area contributed by atoms with Crippen molar-refractivity contribution in [2.75, 3.05) is 12.0 Å². The summed E-state index contributed by atoms with van der Waals surface area (Å²) in [6.07, 6.45) is 4.39. The van der Waals surface area contributed by atoms with Crippen molar-refractivity contribution in [2.45, 2.75) is 18.4 Å². The molecule has 0 amide bonds. The number of hydrogen-bond donors (Lipinski definition) is 1. The Kier molecular flexibility index (Phi) is 4.04. The Hall–Kier alpha value is -1.75.